The predicted octanol–water partition coefficient (Wildman–Crippen LogP) is 1.84. The molecule has 1 heterocycles. The molecule has 150 valence electrons. The normalized spacial score (nSPS) is 16.2. The Morgan fingerprint density at radius 3 is 2.82 bits per heavy atom. The fourth-order valence-corrected chi connectivity index (χ4v) is 2.62. The molecule has 1 aromatic carbocycles. The lowest BCUT2D eigenvalue weighted by Crippen LogP contribution is -2.32. The number of rotatable bonds is 9. The zero-order valence-corrected chi connectivity index (χ0v) is 16.0. The van der Waals surface area contributed by atoms with Crippen LogP contribution in [0.3, 0.4) is 0 Å². The summed E-state index contributed by atoms with van der Waals surface area (Å²) in [5.41, 5.74) is 0.571. The second-order valence-corrected chi connectivity index (χ2v) is 6.02. The monoisotopic (exact) mass is 388 g/mol. The molecule has 1 aliphatic heterocycles. The number of amides is 1. The van der Waals surface area contributed by atoms with Crippen molar-refractivity contribution in [2.75, 3.05) is 33.5 Å². The number of carbonyl (C=O) groups is 2. The van der Waals surface area contributed by atoms with Crippen LogP contribution in [-0.2, 0) is 19.1 Å². The Labute approximate surface area is 164 Å². The second-order valence-electron chi connectivity index (χ2n) is 6.02. The van der Waals surface area contributed by atoms with Crippen LogP contribution in [0.15, 0.2) is 23.8 Å². The van der Waals surface area contributed by atoms with E-state index in [0.717, 1.165) is 12.8 Å². The molecule has 8 heteroatoms. The van der Waals surface area contributed by atoms with Gasteiger partial charge in [0.1, 0.15) is 11.6 Å². The molecule has 0 aliphatic carbocycles. The van der Waals surface area contributed by atoms with Crippen LogP contribution < -0.4 is 14.8 Å². The highest BCUT2D eigenvalue weighted by Gasteiger charge is 2.18. The van der Waals surface area contributed by atoms with Gasteiger partial charge in [-0.3, -0.25) is 4.79 Å². The minimum atomic E-state index is -0.513. The Kier molecular flexibility index (Phi) is 8.31. The van der Waals surface area contributed by atoms with E-state index in [9.17, 15) is 14.9 Å². The summed E-state index contributed by atoms with van der Waals surface area (Å²) in [6.07, 6.45) is 3.35. The zero-order chi connectivity index (χ0) is 20.4. The highest BCUT2D eigenvalue weighted by Crippen LogP contribution is 2.29. The number of methoxy groups -OCH3 is 1. The topological polar surface area (TPSA) is 107 Å². The van der Waals surface area contributed by atoms with Gasteiger partial charge in [-0.25, -0.2) is 4.79 Å². The number of hydrogen-bond donors (Lipinski definition) is 1. The van der Waals surface area contributed by atoms with Crippen molar-refractivity contribution in [3.8, 4) is 17.6 Å². The van der Waals surface area contributed by atoms with Gasteiger partial charge in [0.05, 0.1) is 19.8 Å². The molecule has 0 aromatic heterocycles. The number of carbonyl (C=O) groups excluding carboxylic acids is 2. The van der Waals surface area contributed by atoms with Crippen LogP contribution in [0.2, 0.25) is 0 Å². The van der Waals surface area contributed by atoms with Gasteiger partial charge < -0.3 is 24.3 Å². The Morgan fingerprint density at radius 1 is 1.36 bits per heavy atom. The SMILES string of the molecule is CCOc1cc(/C=C(\C#N)C(=O)NC[C@@H]2CCCO2)ccc1OCC(=O)OC. The maximum absolute atomic E-state index is 12.3. The van der Waals surface area contributed by atoms with Crippen molar-refractivity contribution in [3.05, 3.63) is 29.3 Å². The van der Waals surface area contributed by atoms with Crippen molar-refractivity contribution in [3.63, 3.8) is 0 Å². The first-order valence-corrected chi connectivity index (χ1v) is 9.05. The Bertz CT molecular complexity index is 762. The molecule has 1 N–H and O–H groups in total. The van der Waals surface area contributed by atoms with Crippen LogP contribution in [0.1, 0.15) is 25.3 Å². The molecule has 1 amide bonds. The molecular weight excluding hydrogens is 364 g/mol. The molecule has 1 saturated heterocycles. The average molecular weight is 388 g/mol. The number of hydrogen-bond acceptors (Lipinski definition) is 7. The number of nitriles is 1. The van der Waals surface area contributed by atoms with E-state index in [4.69, 9.17) is 14.2 Å². The van der Waals surface area contributed by atoms with Gasteiger partial charge in [-0.15, -0.1) is 0 Å². The summed E-state index contributed by atoms with van der Waals surface area (Å²) in [7, 11) is 1.27. The number of benzene rings is 1. The molecule has 1 fully saturated rings. The van der Waals surface area contributed by atoms with Crippen molar-refractivity contribution < 1.29 is 28.5 Å². The van der Waals surface area contributed by atoms with Gasteiger partial charge in [-0.05, 0) is 43.5 Å². The first kappa shape index (κ1) is 21.3. The van der Waals surface area contributed by atoms with Gasteiger partial charge in [0, 0.05) is 13.2 Å². The molecule has 0 saturated carbocycles. The van der Waals surface area contributed by atoms with Crippen molar-refractivity contribution >= 4 is 18.0 Å². The lowest BCUT2D eigenvalue weighted by molar-refractivity contribution is -0.142. The van der Waals surface area contributed by atoms with Crippen LogP contribution >= 0.6 is 0 Å². The average Bonchev–Trinajstić information content (AvgIpc) is 3.23. The standard InChI is InChI=1S/C20H24N2O6/c1-3-26-18-10-14(6-7-17(18)28-13-19(23)25-2)9-15(11-21)20(24)22-12-16-5-4-8-27-16/h6-7,9-10,16H,3-5,8,12-13H2,1-2H3,(H,22,24)/b15-9+/t16-/m0/s1. The summed E-state index contributed by atoms with van der Waals surface area (Å²) in [6, 6.07) is 6.83. The Balaban J connectivity index is 2.10. The minimum Gasteiger partial charge on any atom is -0.490 e. The van der Waals surface area contributed by atoms with Gasteiger partial charge in [-0.1, -0.05) is 6.07 Å². The molecule has 0 bridgehead atoms. The van der Waals surface area contributed by atoms with Crippen molar-refractivity contribution in [1.82, 2.24) is 5.32 Å². The van der Waals surface area contributed by atoms with E-state index in [-0.39, 0.29) is 18.3 Å². The maximum Gasteiger partial charge on any atom is 0.343 e. The Morgan fingerprint density at radius 2 is 2.18 bits per heavy atom. The molecule has 28 heavy (non-hydrogen) atoms. The van der Waals surface area contributed by atoms with Gasteiger partial charge in [0.15, 0.2) is 18.1 Å². The van der Waals surface area contributed by atoms with E-state index >= 15 is 0 Å². The molecule has 1 aromatic rings. The quantitative estimate of drug-likeness (QED) is 0.391. The summed E-state index contributed by atoms with van der Waals surface area (Å²) in [5.74, 6) is -0.203. The highest BCUT2D eigenvalue weighted by molar-refractivity contribution is 6.01. The number of nitrogens with one attached hydrogen (secondary N) is 1. The van der Waals surface area contributed by atoms with Gasteiger partial charge in [0.25, 0.3) is 5.91 Å². The van der Waals surface area contributed by atoms with E-state index in [2.05, 4.69) is 10.1 Å². The van der Waals surface area contributed by atoms with Crippen LogP contribution in [0.4, 0.5) is 0 Å². The number of ether oxygens (including phenoxy) is 4. The van der Waals surface area contributed by atoms with Crippen LogP contribution in [0.5, 0.6) is 11.5 Å². The van der Waals surface area contributed by atoms with Gasteiger partial charge >= 0.3 is 5.97 Å². The molecule has 2 rings (SSSR count). The molecular formula is C20H24N2O6. The predicted molar refractivity (Wildman–Crippen MR) is 101 cm³/mol. The lowest BCUT2D eigenvalue weighted by atomic mass is 10.1. The Hall–Kier alpha value is -3.05. The third-order valence-electron chi connectivity index (χ3n) is 4.03. The van der Waals surface area contributed by atoms with Gasteiger partial charge in [0.2, 0.25) is 0 Å². The van der Waals surface area contributed by atoms with E-state index in [1.54, 1.807) is 18.2 Å². The third kappa shape index (κ3) is 6.28. The van der Waals surface area contributed by atoms with Crippen molar-refractivity contribution in [2.45, 2.75) is 25.9 Å². The first-order valence-electron chi connectivity index (χ1n) is 9.05. The largest absolute Gasteiger partial charge is 0.490 e. The summed E-state index contributed by atoms with van der Waals surface area (Å²) >= 11 is 0. The van der Waals surface area contributed by atoms with E-state index in [1.165, 1.54) is 13.2 Å². The van der Waals surface area contributed by atoms with Crippen molar-refractivity contribution in [2.24, 2.45) is 0 Å². The van der Waals surface area contributed by atoms with Crippen LogP contribution in [-0.4, -0.2) is 51.5 Å². The van der Waals surface area contributed by atoms with Crippen LogP contribution in [0.25, 0.3) is 6.08 Å². The van der Waals surface area contributed by atoms with Crippen LogP contribution in [0, 0.1) is 11.3 Å². The molecule has 1 atom stereocenters. The fourth-order valence-electron chi connectivity index (χ4n) is 2.62. The van der Waals surface area contributed by atoms with Gasteiger partial charge in [-0.2, -0.15) is 5.26 Å². The maximum atomic E-state index is 12.3. The molecule has 0 radical (unpaired) electrons. The number of esters is 1. The zero-order valence-electron chi connectivity index (χ0n) is 16.0. The molecule has 0 unspecified atom stereocenters. The molecule has 0 spiro atoms. The third-order valence-corrected chi connectivity index (χ3v) is 4.03. The van der Waals surface area contributed by atoms with E-state index in [0.29, 0.717) is 36.8 Å². The minimum absolute atomic E-state index is 0.000285. The lowest BCUT2D eigenvalue weighted by Gasteiger charge is -2.12. The van der Waals surface area contributed by atoms with E-state index < -0.39 is 11.9 Å². The second kappa shape index (κ2) is 10.9. The van der Waals surface area contributed by atoms with E-state index in [1.807, 2.05) is 13.0 Å². The summed E-state index contributed by atoms with van der Waals surface area (Å²) in [5, 5.41) is 12.1. The van der Waals surface area contributed by atoms with Crippen molar-refractivity contribution in [1.29, 1.82) is 5.26 Å². The smallest absolute Gasteiger partial charge is 0.343 e. The first-order chi connectivity index (χ1) is 13.6. The number of nitrogens with zero attached hydrogens (tertiary/aromatic N) is 1. The highest BCUT2D eigenvalue weighted by atomic mass is 16.6. The summed E-state index contributed by atoms with van der Waals surface area (Å²) in [4.78, 5) is 23.5. The molecule has 1 aliphatic rings. The summed E-state index contributed by atoms with van der Waals surface area (Å²) in [6.45, 7) is 3.02. The molecule has 8 nitrogen and oxygen atoms in total. The fraction of sp³-hybridized carbons (Fsp3) is 0.450. The summed E-state index contributed by atoms with van der Waals surface area (Å²) < 4.78 is 20.9.